The largest absolute Gasteiger partial charge is 0.390 e. The molecule has 78 valence electrons. The van der Waals surface area contributed by atoms with Crippen LogP contribution in [-0.4, -0.2) is 16.6 Å². The van der Waals surface area contributed by atoms with Crippen molar-refractivity contribution in [3.8, 4) is 0 Å². The predicted molar refractivity (Wildman–Crippen MR) is 57.1 cm³/mol. The first-order valence-corrected chi connectivity index (χ1v) is 5.89. The highest BCUT2D eigenvalue weighted by Gasteiger charge is 2.33. The molecule has 1 aliphatic rings. The fourth-order valence-corrected chi connectivity index (χ4v) is 2.62. The summed E-state index contributed by atoms with van der Waals surface area (Å²) in [6.07, 6.45) is 5.00. The lowest BCUT2D eigenvalue weighted by Crippen LogP contribution is -2.35. The molecule has 1 saturated carbocycles. The first-order valence-electron chi connectivity index (χ1n) is 5.36. The molecule has 0 aliphatic heterocycles. The van der Waals surface area contributed by atoms with Crippen LogP contribution in [0.5, 0.6) is 0 Å². The van der Waals surface area contributed by atoms with Crippen LogP contribution < -0.4 is 0 Å². The minimum Gasteiger partial charge on any atom is -0.390 e. The predicted octanol–water partition coefficient (Wildman–Crippen LogP) is 3.19. The summed E-state index contributed by atoms with van der Waals surface area (Å²) in [4.78, 5) is 0. The molecule has 1 rings (SSSR count). The maximum absolute atomic E-state index is 10.1. The molecule has 0 spiro atoms. The third-order valence-electron chi connectivity index (χ3n) is 3.46. The molecule has 0 bridgehead atoms. The Morgan fingerprint density at radius 2 is 1.92 bits per heavy atom. The second-order valence-electron chi connectivity index (χ2n) is 4.74. The van der Waals surface area contributed by atoms with E-state index in [2.05, 4.69) is 13.8 Å². The van der Waals surface area contributed by atoms with Crippen molar-refractivity contribution < 1.29 is 5.11 Å². The zero-order valence-corrected chi connectivity index (χ0v) is 9.48. The van der Waals surface area contributed by atoms with Gasteiger partial charge in [-0.15, -0.1) is 11.6 Å². The lowest BCUT2D eigenvalue weighted by Gasteiger charge is -2.37. The summed E-state index contributed by atoms with van der Waals surface area (Å²) in [7, 11) is 0. The zero-order valence-electron chi connectivity index (χ0n) is 8.72. The standard InChI is InChI=1S/C11H21ClO/c1-9(2)10-3-5-11(13,6-4-10)7-8-12/h9-10,13H,3-8H2,1-2H3. The van der Waals surface area contributed by atoms with Crippen LogP contribution >= 0.6 is 11.6 Å². The molecule has 1 aliphatic carbocycles. The highest BCUT2D eigenvalue weighted by molar-refractivity contribution is 6.17. The van der Waals surface area contributed by atoms with E-state index in [4.69, 9.17) is 11.6 Å². The lowest BCUT2D eigenvalue weighted by molar-refractivity contribution is -0.0173. The molecule has 0 heterocycles. The Morgan fingerprint density at radius 1 is 1.38 bits per heavy atom. The Morgan fingerprint density at radius 3 is 2.31 bits per heavy atom. The van der Waals surface area contributed by atoms with Crippen molar-refractivity contribution in [1.82, 2.24) is 0 Å². The van der Waals surface area contributed by atoms with Gasteiger partial charge in [-0.1, -0.05) is 13.8 Å². The molecule has 0 saturated heterocycles. The smallest absolute Gasteiger partial charge is 0.0659 e. The molecule has 13 heavy (non-hydrogen) atoms. The molecular weight excluding hydrogens is 184 g/mol. The molecule has 2 heteroatoms. The number of halogens is 1. The van der Waals surface area contributed by atoms with Gasteiger partial charge in [0.05, 0.1) is 5.60 Å². The van der Waals surface area contributed by atoms with E-state index >= 15 is 0 Å². The molecule has 0 aromatic rings. The number of hydrogen-bond donors (Lipinski definition) is 1. The van der Waals surface area contributed by atoms with Crippen molar-refractivity contribution in [2.75, 3.05) is 5.88 Å². The average Bonchev–Trinajstić information content (AvgIpc) is 2.05. The maximum atomic E-state index is 10.1. The van der Waals surface area contributed by atoms with Gasteiger partial charge in [0.25, 0.3) is 0 Å². The van der Waals surface area contributed by atoms with Gasteiger partial charge in [0.15, 0.2) is 0 Å². The van der Waals surface area contributed by atoms with Crippen LogP contribution in [-0.2, 0) is 0 Å². The first kappa shape index (κ1) is 11.3. The van der Waals surface area contributed by atoms with Crippen LogP contribution in [0.25, 0.3) is 0 Å². The Hall–Kier alpha value is 0.250. The topological polar surface area (TPSA) is 20.2 Å². The third kappa shape index (κ3) is 3.14. The zero-order chi connectivity index (χ0) is 9.90. The molecule has 1 N–H and O–H groups in total. The quantitative estimate of drug-likeness (QED) is 0.701. The molecule has 0 aromatic heterocycles. The third-order valence-corrected chi connectivity index (χ3v) is 3.65. The van der Waals surface area contributed by atoms with Crippen molar-refractivity contribution in [1.29, 1.82) is 0 Å². The van der Waals surface area contributed by atoms with Crippen molar-refractivity contribution in [2.24, 2.45) is 11.8 Å². The number of hydrogen-bond acceptors (Lipinski definition) is 1. The normalized spacial score (nSPS) is 35.3. The van der Waals surface area contributed by atoms with Crippen molar-refractivity contribution in [2.45, 2.75) is 51.6 Å². The van der Waals surface area contributed by atoms with E-state index in [1.54, 1.807) is 0 Å². The van der Waals surface area contributed by atoms with Gasteiger partial charge in [-0.05, 0) is 43.9 Å². The highest BCUT2D eigenvalue weighted by atomic mass is 35.5. The summed E-state index contributed by atoms with van der Waals surface area (Å²) < 4.78 is 0. The van der Waals surface area contributed by atoms with E-state index < -0.39 is 5.60 Å². The fourth-order valence-electron chi connectivity index (χ4n) is 2.27. The van der Waals surface area contributed by atoms with Crippen LogP contribution in [0.2, 0.25) is 0 Å². The second-order valence-corrected chi connectivity index (χ2v) is 5.12. The van der Waals surface area contributed by atoms with E-state index in [1.807, 2.05) is 0 Å². The van der Waals surface area contributed by atoms with Crippen molar-refractivity contribution >= 4 is 11.6 Å². The van der Waals surface area contributed by atoms with Gasteiger partial charge >= 0.3 is 0 Å². The van der Waals surface area contributed by atoms with Crippen LogP contribution in [0.1, 0.15) is 46.0 Å². The van der Waals surface area contributed by atoms with Gasteiger partial charge in [-0.2, -0.15) is 0 Å². The summed E-state index contributed by atoms with van der Waals surface area (Å²) >= 11 is 5.66. The minimum absolute atomic E-state index is 0.437. The SMILES string of the molecule is CC(C)C1CCC(O)(CCCl)CC1. The van der Waals surface area contributed by atoms with E-state index in [9.17, 15) is 5.11 Å². The van der Waals surface area contributed by atoms with E-state index in [-0.39, 0.29) is 0 Å². The molecule has 0 atom stereocenters. The maximum Gasteiger partial charge on any atom is 0.0659 e. The van der Waals surface area contributed by atoms with Crippen molar-refractivity contribution in [3.63, 3.8) is 0 Å². The second kappa shape index (κ2) is 4.65. The van der Waals surface area contributed by atoms with Gasteiger partial charge in [-0.3, -0.25) is 0 Å². The molecule has 0 unspecified atom stereocenters. The number of aliphatic hydroxyl groups is 1. The van der Waals surface area contributed by atoms with Gasteiger partial charge in [-0.25, -0.2) is 0 Å². The molecule has 0 aromatic carbocycles. The average molecular weight is 205 g/mol. The Labute approximate surface area is 86.5 Å². The molecular formula is C11H21ClO. The molecule has 1 nitrogen and oxygen atoms in total. The summed E-state index contributed by atoms with van der Waals surface area (Å²) in [5.41, 5.74) is -0.437. The van der Waals surface area contributed by atoms with Crippen LogP contribution in [0.4, 0.5) is 0 Å². The number of alkyl halides is 1. The first-order chi connectivity index (χ1) is 6.07. The molecule has 0 radical (unpaired) electrons. The van der Waals surface area contributed by atoms with E-state index in [1.165, 1.54) is 12.8 Å². The number of rotatable bonds is 3. The van der Waals surface area contributed by atoms with Crippen LogP contribution in [0.3, 0.4) is 0 Å². The fraction of sp³-hybridized carbons (Fsp3) is 1.00. The van der Waals surface area contributed by atoms with E-state index in [0.717, 1.165) is 31.1 Å². The highest BCUT2D eigenvalue weighted by Crippen LogP contribution is 2.37. The summed E-state index contributed by atoms with van der Waals surface area (Å²) in [5, 5.41) is 10.1. The van der Waals surface area contributed by atoms with Gasteiger partial charge in [0.2, 0.25) is 0 Å². The van der Waals surface area contributed by atoms with Gasteiger partial charge < -0.3 is 5.11 Å². The van der Waals surface area contributed by atoms with Crippen molar-refractivity contribution in [3.05, 3.63) is 0 Å². The Balaban J connectivity index is 2.37. The monoisotopic (exact) mass is 204 g/mol. The summed E-state index contributed by atoms with van der Waals surface area (Å²) in [6, 6.07) is 0. The summed E-state index contributed by atoms with van der Waals surface area (Å²) in [5.74, 6) is 2.17. The van der Waals surface area contributed by atoms with Crippen LogP contribution in [0, 0.1) is 11.8 Å². The van der Waals surface area contributed by atoms with Gasteiger partial charge in [0, 0.05) is 5.88 Å². The summed E-state index contributed by atoms with van der Waals surface area (Å²) in [6.45, 7) is 4.55. The van der Waals surface area contributed by atoms with Crippen LogP contribution in [0.15, 0.2) is 0 Å². The lowest BCUT2D eigenvalue weighted by atomic mass is 9.74. The van der Waals surface area contributed by atoms with Gasteiger partial charge in [0.1, 0.15) is 0 Å². The Kier molecular flexibility index (Phi) is 4.06. The Bertz CT molecular complexity index is 148. The van der Waals surface area contributed by atoms with E-state index in [0.29, 0.717) is 5.88 Å². The molecule has 0 amide bonds. The molecule has 1 fully saturated rings. The minimum atomic E-state index is -0.437.